The van der Waals surface area contributed by atoms with Crippen molar-refractivity contribution in [3.05, 3.63) is 65.2 Å². The summed E-state index contributed by atoms with van der Waals surface area (Å²) in [7, 11) is 1.68. The van der Waals surface area contributed by atoms with Crippen molar-refractivity contribution in [2.24, 2.45) is 0 Å². The van der Waals surface area contributed by atoms with Gasteiger partial charge in [0.2, 0.25) is 0 Å². The van der Waals surface area contributed by atoms with Crippen LogP contribution in [0.5, 0.6) is 0 Å². The Balaban J connectivity index is 1.96. The lowest BCUT2D eigenvalue weighted by atomic mass is 10.1. The molecule has 2 aromatic rings. The summed E-state index contributed by atoms with van der Waals surface area (Å²) in [5.41, 5.74) is 3.17. The molecule has 0 saturated carbocycles. The second-order valence-corrected chi connectivity index (χ2v) is 4.79. The van der Waals surface area contributed by atoms with Gasteiger partial charge in [-0.2, -0.15) is 0 Å². The Kier molecular flexibility index (Phi) is 5.21. The van der Waals surface area contributed by atoms with Crippen LogP contribution >= 0.6 is 0 Å². The number of nitrogens with one attached hydrogen (secondary N) is 1. The van der Waals surface area contributed by atoms with Crippen molar-refractivity contribution in [1.82, 2.24) is 10.3 Å². The molecule has 0 aliphatic carbocycles. The van der Waals surface area contributed by atoms with Crippen molar-refractivity contribution in [3.8, 4) is 0 Å². The Morgan fingerprint density at radius 1 is 1.25 bits per heavy atom. The fourth-order valence-electron chi connectivity index (χ4n) is 2.05. The minimum Gasteiger partial charge on any atom is -0.380 e. The number of methoxy groups -OCH3 is 1. The monoisotopic (exact) mass is 274 g/mol. The number of pyridine rings is 1. The van der Waals surface area contributed by atoms with Gasteiger partial charge in [-0.3, -0.25) is 4.98 Å². The standard InChI is InChI=1S/C16H19FN2O/c1-12(15-7-16(17)10-18-9-15)19-8-13-4-3-5-14(6-13)11-20-2/h3-7,9-10,12,19H,8,11H2,1-2H3. The Morgan fingerprint density at radius 3 is 2.80 bits per heavy atom. The van der Waals surface area contributed by atoms with Gasteiger partial charge in [0.25, 0.3) is 0 Å². The average molecular weight is 274 g/mol. The first kappa shape index (κ1) is 14.6. The molecular formula is C16H19FN2O. The van der Waals surface area contributed by atoms with E-state index in [0.29, 0.717) is 6.61 Å². The number of hydrogen-bond acceptors (Lipinski definition) is 3. The number of aromatic nitrogens is 1. The van der Waals surface area contributed by atoms with Gasteiger partial charge in [0.15, 0.2) is 0 Å². The third-order valence-electron chi connectivity index (χ3n) is 3.14. The molecule has 1 heterocycles. The van der Waals surface area contributed by atoms with Crippen LogP contribution in [0, 0.1) is 5.82 Å². The Bertz CT molecular complexity index is 560. The highest BCUT2D eigenvalue weighted by Gasteiger charge is 2.06. The van der Waals surface area contributed by atoms with E-state index in [1.54, 1.807) is 13.3 Å². The summed E-state index contributed by atoms with van der Waals surface area (Å²) in [6.07, 6.45) is 2.90. The SMILES string of the molecule is COCc1cccc(CNC(C)c2cncc(F)c2)c1. The van der Waals surface area contributed by atoms with Crippen LogP contribution in [0.1, 0.15) is 29.7 Å². The summed E-state index contributed by atoms with van der Waals surface area (Å²) in [4.78, 5) is 3.87. The maximum absolute atomic E-state index is 13.1. The van der Waals surface area contributed by atoms with E-state index in [4.69, 9.17) is 4.74 Å². The highest BCUT2D eigenvalue weighted by molar-refractivity contribution is 5.23. The van der Waals surface area contributed by atoms with Crippen molar-refractivity contribution in [1.29, 1.82) is 0 Å². The molecule has 0 amide bonds. The lowest BCUT2D eigenvalue weighted by Crippen LogP contribution is -2.18. The fourth-order valence-corrected chi connectivity index (χ4v) is 2.05. The quantitative estimate of drug-likeness (QED) is 0.878. The van der Waals surface area contributed by atoms with E-state index in [1.165, 1.54) is 17.8 Å². The molecule has 0 aliphatic rings. The molecule has 0 radical (unpaired) electrons. The predicted molar refractivity (Wildman–Crippen MR) is 76.6 cm³/mol. The van der Waals surface area contributed by atoms with Gasteiger partial charge in [0.1, 0.15) is 5.82 Å². The maximum atomic E-state index is 13.1. The normalized spacial score (nSPS) is 12.3. The van der Waals surface area contributed by atoms with Gasteiger partial charge in [-0.05, 0) is 29.7 Å². The van der Waals surface area contributed by atoms with E-state index in [0.717, 1.165) is 17.7 Å². The van der Waals surface area contributed by atoms with E-state index in [9.17, 15) is 4.39 Å². The molecule has 0 spiro atoms. The zero-order chi connectivity index (χ0) is 14.4. The number of rotatable bonds is 6. The van der Waals surface area contributed by atoms with Crippen LogP contribution in [0.4, 0.5) is 4.39 Å². The van der Waals surface area contributed by atoms with Crippen LogP contribution in [0.3, 0.4) is 0 Å². The van der Waals surface area contributed by atoms with Crippen LogP contribution in [0.2, 0.25) is 0 Å². The van der Waals surface area contributed by atoms with Gasteiger partial charge in [-0.15, -0.1) is 0 Å². The van der Waals surface area contributed by atoms with E-state index in [-0.39, 0.29) is 11.9 Å². The smallest absolute Gasteiger partial charge is 0.141 e. The Hall–Kier alpha value is -1.78. The Morgan fingerprint density at radius 2 is 2.05 bits per heavy atom. The molecule has 1 atom stereocenters. The molecule has 0 aliphatic heterocycles. The summed E-state index contributed by atoms with van der Waals surface area (Å²) in [5, 5.41) is 3.36. The Labute approximate surface area is 118 Å². The summed E-state index contributed by atoms with van der Waals surface area (Å²) in [6, 6.07) is 9.76. The molecule has 0 bridgehead atoms. The zero-order valence-corrected chi connectivity index (χ0v) is 11.8. The molecule has 2 rings (SSSR count). The molecule has 1 N–H and O–H groups in total. The van der Waals surface area contributed by atoms with Crippen molar-refractivity contribution in [2.75, 3.05) is 7.11 Å². The first-order valence-electron chi connectivity index (χ1n) is 6.59. The predicted octanol–water partition coefficient (Wildman–Crippen LogP) is 3.22. The third-order valence-corrected chi connectivity index (χ3v) is 3.14. The highest BCUT2D eigenvalue weighted by Crippen LogP contribution is 2.13. The number of hydrogen-bond donors (Lipinski definition) is 1. The van der Waals surface area contributed by atoms with Crippen molar-refractivity contribution < 1.29 is 9.13 Å². The van der Waals surface area contributed by atoms with Gasteiger partial charge in [0, 0.05) is 25.9 Å². The largest absolute Gasteiger partial charge is 0.380 e. The lowest BCUT2D eigenvalue weighted by molar-refractivity contribution is 0.185. The van der Waals surface area contributed by atoms with Crippen LogP contribution in [0.25, 0.3) is 0 Å². The molecule has 1 aromatic carbocycles. The number of nitrogens with zero attached hydrogens (tertiary/aromatic N) is 1. The number of ether oxygens (including phenoxy) is 1. The van der Waals surface area contributed by atoms with E-state index < -0.39 is 0 Å². The maximum Gasteiger partial charge on any atom is 0.141 e. The van der Waals surface area contributed by atoms with Crippen molar-refractivity contribution >= 4 is 0 Å². The second-order valence-electron chi connectivity index (χ2n) is 4.79. The summed E-state index contributed by atoms with van der Waals surface area (Å²) in [6.45, 7) is 3.32. The fraction of sp³-hybridized carbons (Fsp3) is 0.312. The first-order chi connectivity index (χ1) is 9.69. The summed E-state index contributed by atoms with van der Waals surface area (Å²) < 4.78 is 18.2. The van der Waals surface area contributed by atoms with Crippen LogP contribution < -0.4 is 5.32 Å². The molecule has 3 nitrogen and oxygen atoms in total. The van der Waals surface area contributed by atoms with E-state index in [2.05, 4.69) is 22.4 Å². The van der Waals surface area contributed by atoms with Crippen LogP contribution in [-0.2, 0) is 17.9 Å². The molecule has 0 saturated heterocycles. The van der Waals surface area contributed by atoms with Gasteiger partial charge < -0.3 is 10.1 Å². The minimum atomic E-state index is -0.307. The summed E-state index contributed by atoms with van der Waals surface area (Å²) >= 11 is 0. The van der Waals surface area contributed by atoms with E-state index >= 15 is 0 Å². The molecule has 1 aromatic heterocycles. The molecular weight excluding hydrogens is 255 g/mol. The molecule has 106 valence electrons. The van der Waals surface area contributed by atoms with Crippen LogP contribution in [-0.4, -0.2) is 12.1 Å². The highest BCUT2D eigenvalue weighted by atomic mass is 19.1. The van der Waals surface area contributed by atoms with Gasteiger partial charge in [-0.25, -0.2) is 4.39 Å². The zero-order valence-electron chi connectivity index (χ0n) is 11.8. The third kappa shape index (κ3) is 4.11. The average Bonchev–Trinajstić information content (AvgIpc) is 2.45. The van der Waals surface area contributed by atoms with Crippen molar-refractivity contribution in [3.63, 3.8) is 0 Å². The van der Waals surface area contributed by atoms with Gasteiger partial charge >= 0.3 is 0 Å². The van der Waals surface area contributed by atoms with Gasteiger partial charge in [-0.1, -0.05) is 24.3 Å². The van der Waals surface area contributed by atoms with Gasteiger partial charge in [0.05, 0.1) is 12.8 Å². The first-order valence-corrected chi connectivity index (χ1v) is 6.59. The summed E-state index contributed by atoms with van der Waals surface area (Å²) in [5.74, 6) is -0.307. The lowest BCUT2D eigenvalue weighted by Gasteiger charge is -2.14. The van der Waals surface area contributed by atoms with Crippen molar-refractivity contribution in [2.45, 2.75) is 26.1 Å². The molecule has 20 heavy (non-hydrogen) atoms. The number of halogens is 1. The molecule has 0 fully saturated rings. The number of benzene rings is 1. The molecule has 1 unspecified atom stereocenters. The minimum absolute atomic E-state index is 0.0456. The molecule has 4 heteroatoms. The second kappa shape index (κ2) is 7.12. The van der Waals surface area contributed by atoms with Crippen LogP contribution in [0.15, 0.2) is 42.7 Å². The van der Waals surface area contributed by atoms with E-state index in [1.807, 2.05) is 19.1 Å². The topological polar surface area (TPSA) is 34.1 Å².